The van der Waals surface area contributed by atoms with Crippen molar-refractivity contribution in [1.29, 1.82) is 0 Å². The van der Waals surface area contributed by atoms with E-state index in [2.05, 4.69) is 10.5 Å². The molecule has 122 valence electrons. The summed E-state index contributed by atoms with van der Waals surface area (Å²) in [6.07, 6.45) is 0. The highest BCUT2D eigenvalue weighted by Gasteiger charge is 2.28. The van der Waals surface area contributed by atoms with Crippen molar-refractivity contribution in [3.05, 3.63) is 71.3 Å². The minimum absolute atomic E-state index is 0.00672. The molecule has 2 aromatic carbocycles. The lowest BCUT2D eigenvalue weighted by atomic mass is 10.1. The molecule has 0 aliphatic carbocycles. The number of nitrogens with one attached hydrogen (secondary N) is 1. The Labute approximate surface area is 144 Å². The number of hydrazone groups is 1. The number of carbonyl (C=O) groups excluding carboxylic acids is 2. The monoisotopic (exact) mass is 339 g/mol. The molecule has 6 heteroatoms. The fourth-order valence-electron chi connectivity index (χ4n) is 2.39. The number of amides is 2. The summed E-state index contributed by atoms with van der Waals surface area (Å²) in [5, 5.41) is 4.67. The third-order valence-corrected chi connectivity index (χ3v) is 4.64. The number of rotatable bonds is 4. The normalized spacial score (nSPS) is 15.8. The number of hydrogen-bond acceptors (Lipinski definition) is 4. The first kappa shape index (κ1) is 16.3. The number of carbonyl (C=O) groups is 2. The van der Waals surface area contributed by atoms with E-state index in [4.69, 9.17) is 0 Å². The second-order valence-corrected chi connectivity index (χ2v) is 6.35. The van der Waals surface area contributed by atoms with E-state index in [1.807, 2.05) is 55.5 Å². The minimum atomic E-state index is -0.278. The molecule has 1 saturated heterocycles. The van der Waals surface area contributed by atoms with Crippen LogP contribution in [0.25, 0.3) is 0 Å². The topological polar surface area (TPSA) is 61.8 Å². The van der Waals surface area contributed by atoms with Gasteiger partial charge in [0.25, 0.3) is 5.91 Å². The Balaban J connectivity index is 1.72. The van der Waals surface area contributed by atoms with Crippen LogP contribution < -0.4 is 5.43 Å². The number of amidine groups is 1. The van der Waals surface area contributed by atoms with Crippen LogP contribution in [0.3, 0.4) is 0 Å². The Kier molecular flexibility index (Phi) is 4.96. The molecule has 1 heterocycles. The van der Waals surface area contributed by atoms with Crippen LogP contribution in [0.2, 0.25) is 0 Å². The smallest absolute Gasteiger partial charge is 0.271 e. The van der Waals surface area contributed by atoms with E-state index >= 15 is 0 Å². The summed E-state index contributed by atoms with van der Waals surface area (Å²) in [4.78, 5) is 25.9. The van der Waals surface area contributed by atoms with Gasteiger partial charge in [0, 0.05) is 5.56 Å². The molecule has 2 amide bonds. The lowest BCUT2D eigenvalue weighted by Crippen LogP contribution is -2.31. The SMILES string of the molecule is Cc1ccccc1C(=O)N/N=C1\SCC(=O)N1Cc1ccccc1. The summed E-state index contributed by atoms with van der Waals surface area (Å²) in [6, 6.07) is 17.0. The van der Waals surface area contributed by atoms with Gasteiger partial charge >= 0.3 is 0 Å². The van der Waals surface area contributed by atoms with E-state index < -0.39 is 0 Å². The van der Waals surface area contributed by atoms with Crippen LogP contribution >= 0.6 is 11.8 Å². The second-order valence-electron chi connectivity index (χ2n) is 5.40. The van der Waals surface area contributed by atoms with Gasteiger partial charge in [-0.25, -0.2) is 5.43 Å². The lowest BCUT2D eigenvalue weighted by Gasteiger charge is -2.16. The van der Waals surface area contributed by atoms with E-state index in [9.17, 15) is 9.59 Å². The van der Waals surface area contributed by atoms with Crippen LogP contribution in [0.4, 0.5) is 0 Å². The van der Waals surface area contributed by atoms with E-state index in [0.717, 1.165) is 11.1 Å². The second kappa shape index (κ2) is 7.31. The molecule has 5 nitrogen and oxygen atoms in total. The van der Waals surface area contributed by atoms with Gasteiger partial charge in [0.2, 0.25) is 5.91 Å². The van der Waals surface area contributed by atoms with Gasteiger partial charge < -0.3 is 0 Å². The molecule has 24 heavy (non-hydrogen) atoms. The summed E-state index contributed by atoms with van der Waals surface area (Å²) < 4.78 is 0. The van der Waals surface area contributed by atoms with Crippen LogP contribution in [0, 0.1) is 6.92 Å². The van der Waals surface area contributed by atoms with Crippen molar-refractivity contribution >= 4 is 28.7 Å². The summed E-state index contributed by atoms with van der Waals surface area (Å²) >= 11 is 1.33. The van der Waals surface area contributed by atoms with Crippen LogP contribution in [-0.2, 0) is 11.3 Å². The van der Waals surface area contributed by atoms with Crippen molar-refractivity contribution in [3.63, 3.8) is 0 Å². The number of benzene rings is 2. The predicted octanol–water partition coefficient (Wildman–Crippen LogP) is 2.77. The van der Waals surface area contributed by atoms with Gasteiger partial charge in [-0.2, -0.15) is 0 Å². The zero-order valence-electron chi connectivity index (χ0n) is 13.2. The highest BCUT2D eigenvalue weighted by Crippen LogP contribution is 2.21. The molecule has 0 radical (unpaired) electrons. The van der Waals surface area contributed by atoms with E-state index in [-0.39, 0.29) is 11.8 Å². The predicted molar refractivity (Wildman–Crippen MR) is 95.5 cm³/mol. The number of hydrogen-bond donors (Lipinski definition) is 1. The Morgan fingerprint density at radius 1 is 1.17 bits per heavy atom. The first-order chi connectivity index (χ1) is 11.6. The zero-order chi connectivity index (χ0) is 16.9. The number of thioether (sulfide) groups is 1. The van der Waals surface area contributed by atoms with E-state index in [1.54, 1.807) is 11.0 Å². The molecule has 1 aliphatic heterocycles. The highest BCUT2D eigenvalue weighted by atomic mass is 32.2. The van der Waals surface area contributed by atoms with Gasteiger partial charge in [-0.05, 0) is 24.1 Å². The molecule has 1 fully saturated rings. The molecular weight excluding hydrogens is 322 g/mol. The average molecular weight is 339 g/mol. The molecule has 1 N–H and O–H groups in total. The zero-order valence-corrected chi connectivity index (χ0v) is 14.0. The minimum Gasteiger partial charge on any atom is -0.285 e. The van der Waals surface area contributed by atoms with Crippen LogP contribution in [0.15, 0.2) is 59.7 Å². The summed E-state index contributed by atoms with van der Waals surface area (Å²) in [5.74, 6) is 0.0549. The van der Waals surface area contributed by atoms with Crippen molar-refractivity contribution in [1.82, 2.24) is 10.3 Å². The third-order valence-electron chi connectivity index (χ3n) is 3.68. The Bertz CT molecular complexity index is 790. The van der Waals surface area contributed by atoms with Crippen molar-refractivity contribution in [2.75, 3.05) is 5.75 Å². The molecule has 1 aliphatic rings. The standard InChI is InChI=1S/C18H17N3O2S/c1-13-7-5-6-10-15(13)17(23)19-20-18-21(16(22)12-24-18)11-14-8-3-2-4-9-14/h2-10H,11-12H2,1H3,(H,19,23)/b20-18-. The van der Waals surface area contributed by atoms with Gasteiger partial charge in [-0.15, -0.1) is 5.10 Å². The molecule has 0 atom stereocenters. The Hall–Kier alpha value is -2.60. The lowest BCUT2D eigenvalue weighted by molar-refractivity contribution is -0.124. The van der Waals surface area contributed by atoms with Gasteiger partial charge in [-0.3, -0.25) is 14.5 Å². The molecule has 0 bridgehead atoms. The first-order valence-electron chi connectivity index (χ1n) is 7.56. The fourth-order valence-corrected chi connectivity index (χ4v) is 3.23. The summed E-state index contributed by atoms with van der Waals surface area (Å²) in [6.45, 7) is 2.32. The fraction of sp³-hybridized carbons (Fsp3) is 0.167. The largest absolute Gasteiger partial charge is 0.285 e. The molecule has 0 aromatic heterocycles. The van der Waals surface area contributed by atoms with Gasteiger partial charge in [0.05, 0.1) is 12.3 Å². The van der Waals surface area contributed by atoms with Crippen molar-refractivity contribution < 1.29 is 9.59 Å². The molecule has 0 saturated carbocycles. The maximum Gasteiger partial charge on any atom is 0.271 e. The highest BCUT2D eigenvalue weighted by molar-refractivity contribution is 8.15. The molecular formula is C18H17N3O2S. The number of aryl methyl sites for hydroxylation is 1. The Morgan fingerprint density at radius 3 is 2.62 bits per heavy atom. The molecule has 0 unspecified atom stereocenters. The number of nitrogens with zero attached hydrogens (tertiary/aromatic N) is 2. The van der Waals surface area contributed by atoms with Crippen molar-refractivity contribution in [2.24, 2.45) is 5.10 Å². The van der Waals surface area contributed by atoms with Gasteiger partial charge in [0.15, 0.2) is 5.17 Å². The first-order valence-corrected chi connectivity index (χ1v) is 8.54. The average Bonchev–Trinajstić information content (AvgIpc) is 2.94. The maximum atomic E-state index is 12.2. The van der Waals surface area contributed by atoms with Gasteiger partial charge in [0.1, 0.15) is 0 Å². The van der Waals surface area contributed by atoms with E-state index in [1.165, 1.54) is 11.8 Å². The van der Waals surface area contributed by atoms with Crippen LogP contribution in [0.5, 0.6) is 0 Å². The van der Waals surface area contributed by atoms with Crippen molar-refractivity contribution in [3.8, 4) is 0 Å². The van der Waals surface area contributed by atoms with Crippen LogP contribution in [0.1, 0.15) is 21.5 Å². The van der Waals surface area contributed by atoms with Crippen molar-refractivity contribution in [2.45, 2.75) is 13.5 Å². The molecule has 0 spiro atoms. The van der Waals surface area contributed by atoms with Crippen LogP contribution in [-0.4, -0.2) is 27.6 Å². The molecule has 3 rings (SSSR count). The molecule has 2 aromatic rings. The summed E-state index contributed by atoms with van der Waals surface area (Å²) in [5.41, 5.74) is 5.03. The van der Waals surface area contributed by atoms with E-state index in [0.29, 0.717) is 23.0 Å². The quantitative estimate of drug-likeness (QED) is 0.871. The van der Waals surface area contributed by atoms with Gasteiger partial charge in [-0.1, -0.05) is 60.3 Å². The maximum absolute atomic E-state index is 12.2. The summed E-state index contributed by atoms with van der Waals surface area (Å²) in [7, 11) is 0. The third kappa shape index (κ3) is 3.65. The Morgan fingerprint density at radius 2 is 1.88 bits per heavy atom.